The summed E-state index contributed by atoms with van der Waals surface area (Å²) < 4.78 is 40.8. The number of rotatable bonds is 6. The average Bonchev–Trinajstić information content (AvgIpc) is 2.28. The van der Waals surface area contributed by atoms with Crippen LogP contribution in [0.1, 0.15) is 6.92 Å². The molecule has 0 aromatic rings. The van der Waals surface area contributed by atoms with Gasteiger partial charge >= 0.3 is 6.18 Å². The molecule has 0 aromatic carbocycles. The van der Waals surface area contributed by atoms with Gasteiger partial charge in [-0.05, 0) is 6.92 Å². The van der Waals surface area contributed by atoms with Crippen LogP contribution < -0.4 is 10.6 Å². The molecule has 0 spiro atoms. The van der Waals surface area contributed by atoms with Crippen molar-refractivity contribution in [1.29, 1.82) is 0 Å². The second kappa shape index (κ2) is 7.66. The van der Waals surface area contributed by atoms with Crippen LogP contribution in [0.3, 0.4) is 0 Å². The van der Waals surface area contributed by atoms with Crippen LogP contribution in [0, 0.1) is 0 Å². The number of ether oxygens (including phenoxy) is 1. The first-order valence-corrected chi connectivity index (χ1v) is 6.24. The van der Waals surface area contributed by atoms with Crippen molar-refractivity contribution in [2.75, 3.05) is 45.9 Å². The van der Waals surface area contributed by atoms with Gasteiger partial charge in [-0.2, -0.15) is 13.2 Å². The molecule has 2 N–H and O–H groups in total. The molecular weight excluding hydrogens is 263 g/mol. The van der Waals surface area contributed by atoms with Gasteiger partial charge in [-0.1, -0.05) is 0 Å². The van der Waals surface area contributed by atoms with Crippen LogP contribution in [-0.4, -0.2) is 69.0 Å². The van der Waals surface area contributed by atoms with E-state index in [1.165, 1.54) is 0 Å². The minimum atomic E-state index is -4.29. The van der Waals surface area contributed by atoms with Gasteiger partial charge in [-0.3, -0.25) is 9.69 Å². The van der Waals surface area contributed by atoms with E-state index in [1.54, 1.807) is 0 Å². The third-order valence-electron chi connectivity index (χ3n) is 2.65. The molecule has 1 heterocycles. The maximum absolute atomic E-state index is 11.9. The molecule has 1 atom stereocenters. The monoisotopic (exact) mass is 283 g/mol. The van der Waals surface area contributed by atoms with Gasteiger partial charge in [0.15, 0.2) is 0 Å². The Kier molecular flexibility index (Phi) is 6.53. The second-order valence-electron chi connectivity index (χ2n) is 4.60. The molecule has 0 radical (unpaired) electrons. The lowest BCUT2D eigenvalue weighted by Crippen LogP contribution is -2.48. The van der Waals surface area contributed by atoms with Crippen LogP contribution >= 0.6 is 0 Å². The summed E-state index contributed by atoms with van der Waals surface area (Å²) in [4.78, 5) is 13.5. The molecule has 0 aromatic heterocycles. The maximum Gasteiger partial charge on any atom is 0.401 e. The number of morpholine rings is 1. The van der Waals surface area contributed by atoms with E-state index < -0.39 is 18.6 Å². The average molecular weight is 283 g/mol. The molecule has 1 unspecified atom stereocenters. The van der Waals surface area contributed by atoms with Crippen LogP contribution in [0.4, 0.5) is 13.2 Å². The van der Waals surface area contributed by atoms with E-state index in [2.05, 4.69) is 15.5 Å². The number of nitrogens with one attached hydrogen (secondary N) is 2. The van der Waals surface area contributed by atoms with Crippen LogP contribution in [-0.2, 0) is 9.53 Å². The van der Waals surface area contributed by atoms with Gasteiger partial charge in [0.1, 0.15) is 0 Å². The zero-order valence-corrected chi connectivity index (χ0v) is 10.9. The Morgan fingerprint density at radius 2 is 2.00 bits per heavy atom. The van der Waals surface area contributed by atoms with Gasteiger partial charge in [-0.25, -0.2) is 0 Å². The summed E-state index contributed by atoms with van der Waals surface area (Å²) >= 11 is 0. The topological polar surface area (TPSA) is 53.6 Å². The number of halogens is 3. The number of hydrogen-bond acceptors (Lipinski definition) is 4. The molecule has 1 amide bonds. The van der Waals surface area contributed by atoms with Crippen molar-refractivity contribution in [2.24, 2.45) is 0 Å². The summed E-state index contributed by atoms with van der Waals surface area (Å²) in [5.41, 5.74) is 0. The molecule has 0 bridgehead atoms. The normalized spacial score (nSPS) is 19.2. The molecule has 1 aliphatic heterocycles. The second-order valence-corrected chi connectivity index (χ2v) is 4.60. The predicted octanol–water partition coefficient (Wildman–Crippen LogP) is -0.0248. The highest BCUT2D eigenvalue weighted by molar-refractivity contribution is 5.78. The fraction of sp³-hybridized carbons (Fsp3) is 0.909. The van der Waals surface area contributed by atoms with Crippen molar-refractivity contribution in [3.8, 4) is 0 Å². The van der Waals surface area contributed by atoms with Gasteiger partial charge in [0, 0.05) is 25.7 Å². The van der Waals surface area contributed by atoms with Crippen LogP contribution in [0.25, 0.3) is 0 Å². The largest absolute Gasteiger partial charge is 0.401 e. The Labute approximate surface area is 110 Å². The van der Waals surface area contributed by atoms with E-state index in [0.29, 0.717) is 19.8 Å². The fourth-order valence-electron chi connectivity index (χ4n) is 1.86. The molecule has 1 rings (SSSR count). The molecule has 112 valence electrons. The Bertz CT molecular complexity index is 281. The number of carbonyl (C=O) groups excluding carboxylic acids is 1. The van der Waals surface area contributed by atoms with E-state index in [9.17, 15) is 18.0 Å². The predicted molar refractivity (Wildman–Crippen MR) is 63.8 cm³/mol. The summed E-state index contributed by atoms with van der Waals surface area (Å²) in [6.07, 6.45) is -4.29. The molecule has 1 aliphatic rings. The van der Waals surface area contributed by atoms with Gasteiger partial charge in [0.05, 0.1) is 26.3 Å². The summed E-state index contributed by atoms with van der Waals surface area (Å²) in [5.74, 6) is -0.426. The van der Waals surface area contributed by atoms with E-state index >= 15 is 0 Å². The summed E-state index contributed by atoms with van der Waals surface area (Å²) in [7, 11) is 0. The van der Waals surface area contributed by atoms with Gasteiger partial charge in [0.2, 0.25) is 5.91 Å². The molecule has 19 heavy (non-hydrogen) atoms. The van der Waals surface area contributed by atoms with E-state index in [1.807, 2.05) is 6.92 Å². The Balaban J connectivity index is 2.13. The van der Waals surface area contributed by atoms with Crippen molar-refractivity contribution < 1.29 is 22.7 Å². The lowest BCUT2D eigenvalue weighted by Gasteiger charge is -2.29. The maximum atomic E-state index is 11.9. The number of alkyl halides is 3. The molecule has 8 heteroatoms. The number of nitrogens with zero attached hydrogens (tertiary/aromatic N) is 1. The number of hydrogen-bond donors (Lipinski definition) is 2. The first-order chi connectivity index (χ1) is 8.87. The van der Waals surface area contributed by atoms with E-state index in [-0.39, 0.29) is 12.6 Å². The first kappa shape index (κ1) is 16.2. The molecule has 5 nitrogen and oxygen atoms in total. The lowest BCUT2D eigenvalue weighted by molar-refractivity contribution is -0.128. The summed E-state index contributed by atoms with van der Waals surface area (Å²) in [6.45, 7) is 4.00. The first-order valence-electron chi connectivity index (χ1n) is 6.24. The standard InChI is InChI=1S/C11H20F3N3O2/c1-9(7-17-2-4-19-5-3-17)16-10(18)6-15-8-11(12,13)14/h9,15H,2-8H2,1H3,(H,16,18). The minimum absolute atomic E-state index is 0.0988. The van der Waals surface area contributed by atoms with Crippen molar-refractivity contribution in [3.63, 3.8) is 0 Å². The number of carbonyl (C=O) groups is 1. The summed E-state index contributed by atoms with van der Waals surface area (Å²) in [6, 6.07) is -0.0988. The zero-order valence-electron chi connectivity index (χ0n) is 10.9. The highest BCUT2D eigenvalue weighted by atomic mass is 19.4. The highest BCUT2D eigenvalue weighted by Gasteiger charge is 2.26. The third kappa shape index (κ3) is 8.02. The molecular formula is C11H20F3N3O2. The minimum Gasteiger partial charge on any atom is -0.379 e. The lowest BCUT2D eigenvalue weighted by atomic mass is 10.3. The quantitative estimate of drug-likeness (QED) is 0.719. The zero-order chi connectivity index (χ0) is 14.3. The fourth-order valence-corrected chi connectivity index (χ4v) is 1.86. The Morgan fingerprint density at radius 1 is 1.37 bits per heavy atom. The van der Waals surface area contributed by atoms with Crippen molar-refractivity contribution in [1.82, 2.24) is 15.5 Å². The SMILES string of the molecule is CC(CN1CCOCC1)NC(=O)CNCC(F)(F)F. The van der Waals surface area contributed by atoms with Crippen LogP contribution in [0.5, 0.6) is 0 Å². The van der Waals surface area contributed by atoms with Crippen molar-refractivity contribution in [2.45, 2.75) is 19.1 Å². The smallest absolute Gasteiger partial charge is 0.379 e. The van der Waals surface area contributed by atoms with Crippen LogP contribution in [0.15, 0.2) is 0 Å². The molecule has 1 fully saturated rings. The van der Waals surface area contributed by atoms with E-state index in [0.717, 1.165) is 13.1 Å². The van der Waals surface area contributed by atoms with Gasteiger partial charge in [0.25, 0.3) is 0 Å². The van der Waals surface area contributed by atoms with Gasteiger partial charge in [-0.15, -0.1) is 0 Å². The molecule has 0 saturated carbocycles. The van der Waals surface area contributed by atoms with Gasteiger partial charge < -0.3 is 15.4 Å². The third-order valence-corrected chi connectivity index (χ3v) is 2.65. The van der Waals surface area contributed by atoms with E-state index in [4.69, 9.17) is 4.74 Å². The van der Waals surface area contributed by atoms with Crippen molar-refractivity contribution >= 4 is 5.91 Å². The highest BCUT2D eigenvalue weighted by Crippen LogP contribution is 2.11. The molecule has 1 saturated heterocycles. The Morgan fingerprint density at radius 3 is 2.58 bits per heavy atom. The summed E-state index contributed by atoms with van der Waals surface area (Å²) in [5, 5.41) is 4.73. The Hall–Kier alpha value is -0.860. The number of amides is 1. The molecule has 0 aliphatic carbocycles. The van der Waals surface area contributed by atoms with Crippen molar-refractivity contribution in [3.05, 3.63) is 0 Å². The van der Waals surface area contributed by atoms with Crippen LogP contribution in [0.2, 0.25) is 0 Å².